The summed E-state index contributed by atoms with van der Waals surface area (Å²) in [5.74, 6) is -0.454. The van der Waals surface area contributed by atoms with Crippen LogP contribution in [0.1, 0.15) is 36.7 Å². The number of hydrogen-bond donors (Lipinski definition) is 0. The number of halogens is 1. The standard InChI is InChI=1S/C24H23FN2O/c1-18(21-11-8-12-22(25)16-21)15-24(28)27(17-20-9-4-3-5-10-20)19(2)23-13-6-7-14-26-23/h3-16,19H,17H2,1-2H3/b18-15-. The van der Waals surface area contributed by atoms with Crippen LogP contribution in [0, 0.1) is 5.82 Å². The molecule has 1 unspecified atom stereocenters. The molecule has 0 radical (unpaired) electrons. The zero-order valence-electron chi connectivity index (χ0n) is 16.0. The molecular weight excluding hydrogens is 351 g/mol. The molecule has 3 aromatic rings. The van der Waals surface area contributed by atoms with Gasteiger partial charge in [-0.25, -0.2) is 4.39 Å². The molecule has 3 rings (SSSR count). The molecule has 0 aliphatic carbocycles. The third-order valence-electron chi connectivity index (χ3n) is 4.68. The van der Waals surface area contributed by atoms with E-state index in [1.165, 1.54) is 12.1 Å². The van der Waals surface area contributed by atoms with Gasteiger partial charge in [-0.2, -0.15) is 0 Å². The van der Waals surface area contributed by atoms with Crippen molar-refractivity contribution in [2.24, 2.45) is 0 Å². The van der Waals surface area contributed by atoms with Gasteiger partial charge in [0.05, 0.1) is 11.7 Å². The van der Waals surface area contributed by atoms with E-state index in [1.807, 2.05) is 62.4 Å². The number of rotatable bonds is 6. The van der Waals surface area contributed by atoms with E-state index in [1.54, 1.807) is 29.3 Å². The Morgan fingerprint density at radius 2 is 1.82 bits per heavy atom. The minimum Gasteiger partial charge on any atom is -0.326 e. The lowest BCUT2D eigenvalue weighted by Crippen LogP contribution is -2.32. The normalized spacial score (nSPS) is 12.5. The summed E-state index contributed by atoms with van der Waals surface area (Å²) < 4.78 is 13.5. The highest BCUT2D eigenvalue weighted by Gasteiger charge is 2.21. The summed E-state index contributed by atoms with van der Waals surface area (Å²) in [6.45, 7) is 4.25. The number of pyridine rings is 1. The van der Waals surface area contributed by atoms with Gasteiger partial charge in [0, 0.05) is 18.8 Å². The average molecular weight is 374 g/mol. The van der Waals surface area contributed by atoms with E-state index >= 15 is 0 Å². The number of benzene rings is 2. The van der Waals surface area contributed by atoms with E-state index in [-0.39, 0.29) is 17.8 Å². The van der Waals surface area contributed by atoms with Crippen LogP contribution in [0.2, 0.25) is 0 Å². The highest BCUT2D eigenvalue weighted by molar-refractivity contribution is 5.95. The highest BCUT2D eigenvalue weighted by atomic mass is 19.1. The summed E-state index contributed by atoms with van der Waals surface area (Å²) in [5, 5.41) is 0. The number of aromatic nitrogens is 1. The lowest BCUT2D eigenvalue weighted by molar-refractivity contribution is -0.128. The quantitative estimate of drug-likeness (QED) is 0.540. The molecule has 2 aromatic carbocycles. The maximum Gasteiger partial charge on any atom is 0.247 e. The Morgan fingerprint density at radius 3 is 2.50 bits per heavy atom. The maximum atomic E-state index is 13.5. The van der Waals surface area contributed by atoms with Crippen LogP contribution >= 0.6 is 0 Å². The van der Waals surface area contributed by atoms with Crippen molar-refractivity contribution in [2.45, 2.75) is 26.4 Å². The van der Waals surface area contributed by atoms with Crippen molar-refractivity contribution in [2.75, 3.05) is 0 Å². The van der Waals surface area contributed by atoms with E-state index < -0.39 is 0 Å². The third-order valence-corrected chi connectivity index (χ3v) is 4.68. The number of nitrogens with zero attached hydrogens (tertiary/aromatic N) is 2. The van der Waals surface area contributed by atoms with Crippen LogP contribution in [0.15, 0.2) is 85.1 Å². The number of hydrogen-bond acceptors (Lipinski definition) is 2. The first kappa shape index (κ1) is 19.5. The number of carbonyl (C=O) groups is 1. The van der Waals surface area contributed by atoms with Gasteiger partial charge < -0.3 is 4.90 Å². The first-order valence-electron chi connectivity index (χ1n) is 9.24. The van der Waals surface area contributed by atoms with E-state index in [4.69, 9.17) is 0 Å². The van der Waals surface area contributed by atoms with Crippen LogP contribution < -0.4 is 0 Å². The SMILES string of the molecule is C/C(=C/C(=O)N(Cc1ccccc1)C(C)c1ccccn1)c1cccc(F)c1. The Morgan fingerprint density at radius 1 is 1.07 bits per heavy atom. The fourth-order valence-electron chi connectivity index (χ4n) is 3.05. The van der Waals surface area contributed by atoms with Crippen LogP contribution in [0.5, 0.6) is 0 Å². The van der Waals surface area contributed by atoms with E-state index in [0.29, 0.717) is 12.1 Å². The summed E-state index contributed by atoms with van der Waals surface area (Å²) >= 11 is 0. The van der Waals surface area contributed by atoms with Crippen molar-refractivity contribution < 1.29 is 9.18 Å². The van der Waals surface area contributed by atoms with Gasteiger partial charge in [-0.1, -0.05) is 48.5 Å². The summed E-state index contributed by atoms with van der Waals surface area (Å²) in [7, 11) is 0. The number of carbonyl (C=O) groups excluding carboxylic acids is 1. The summed E-state index contributed by atoms with van der Waals surface area (Å²) in [6.07, 6.45) is 3.29. The molecule has 0 spiro atoms. The second-order valence-electron chi connectivity index (χ2n) is 6.72. The predicted octanol–water partition coefficient (Wildman–Crippen LogP) is 5.41. The summed E-state index contributed by atoms with van der Waals surface area (Å²) in [6, 6.07) is 21.6. The second-order valence-corrected chi connectivity index (χ2v) is 6.72. The molecule has 1 heterocycles. The van der Waals surface area contributed by atoms with Gasteiger partial charge in [-0.15, -0.1) is 0 Å². The summed E-state index contributed by atoms with van der Waals surface area (Å²) in [4.78, 5) is 19.3. The van der Waals surface area contributed by atoms with Crippen LogP contribution in [0.4, 0.5) is 4.39 Å². The van der Waals surface area contributed by atoms with E-state index in [0.717, 1.165) is 16.8 Å². The predicted molar refractivity (Wildman–Crippen MR) is 110 cm³/mol. The Balaban J connectivity index is 1.91. The van der Waals surface area contributed by atoms with Gasteiger partial charge in [0.1, 0.15) is 5.82 Å². The zero-order chi connectivity index (χ0) is 19.9. The minimum absolute atomic E-state index is 0.135. The maximum absolute atomic E-state index is 13.5. The largest absolute Gasteiger partial charge is 0.326 e. The molecule has 0 fully saturated rings. The molecule has 1 aromatic heterocycles. The lowest BCUT2D eigenvalue weighted by atomic mass is 10.1. The fraction of sp³-hybridized carbons (Fsp3) is 0.167. The van der Waals surface area contributed by atoms with E-state index in [2.05, 4.69) is 4.98 Å². The molecule has 4 heteroatoms. The minimum atomic E-state index is -0.319. The zero-order valence-corrected chi connectivity index (χ0v) is 16.0. The highest BCUT2D eigenvalue weighted by Crippen LogP contribution is 2.23. The van der Waals surface area contributed by atoms with Gasteiger partial charge in [0.2, 0.25) is 5.91 Å². The number of amides is 1. The molecular formula is C24H23FN2O. The van der Waals surface area contributed by atoms with Crippen molar-refractivity contribution in [3.05, 3.63) is 108 Å². The molecule has 0 N–H and O–H groups in total. The molecule has 1 atom stereocenters. The number of allylic oxidation sites excluding steroid dienone is 1. The lowest BCUT2D eigenvalue weighted by Gasteiger charge is -2.28. The van der Waals surface area contributed by atoms with Crippen molar-refractivity contribution in [3.8, 4) is 0 Å². The topological polar surface area (TPSA) is 33.2 Å². The Labute approximate surface area is 165 Å². The van der Waals surface area contributed by atoms with Crippen LogP contribution in [0.25, 0.3) is 5.57 Å². The van der Waals surface area contributed by atoms with Crippen molar-refractivity contribution >= 4 is 11.5 Å². The van der Waals surface area contributed by atoms with Gasteiger partial charge in [-0.3, -0.25) is 9.78 Å². The Hall–Kier alpha value is -3.27. The van der Waals surface area contributed by atoms with Crippen molar-refractivity contribution in [1.29, 1.82) is 0 Å². The monoisotopic (exact) mass is 374 g/mol. The average Bonchev–Trinajstić information content (AvgIpc) is 2.73. The second kappa shape index (κ2) is 9.09. The molecule has 0 aliphatic rings. The molecule has 0 saturated heterocycles. The smallest absolute Gasteiger partial charge is 0.247 e. The Bertz CT molecular complexity index is 955. The molecule has 1 amide bonds. The van der Waals surface area contributed by atoms with Gasteiger partial charge >= 0.3 is 0 Å². The van der Waals surface area contributed by atoms with Gasteiger partial charge in [0.25, 0.3) is 0 Å². The fourth-order valence-corrected chi connectivity index (χ4v) is 3.05. The Kier molecular flexibility index (Phi) is 6.33. The molecule has 0 aliphatic heterocycles. The van der Waals surface area contributed by atoms with Gasteiger partial charge in [0.15, 0.2) is 0 Å². The van der Waals surface area contributed by atoms with Crippen LogP contribution in [-0.4, -0.2) is 15.8 Å². The van der Waals surface area contributed by atoms with Crippen molar-refractivity contribution in [1.82, 2.24) is 9.88 Å². The molecule has 0 bridgehead atoms. The molecule has 28 heavy (non-hydrogen) atoms. The van der Waals surface area contributed by atoms with Crippen molar-refractivity contribution in [3.63, 3.8) is 0 Å². The molecule has 142 valence electrons. The van der Waals surface area contributed by atoms with E-state index in [9.17, 15) is 9.18 Å². The third kappa shape index (κ3) is 4.92. The molecule has 3 nitrogen and oxygen atoms in total. The first-order valence-corrected chi connectivity index (χ1v) is 9.24. The molecule has 0 saturated carbocycles. The van der Waals surface area contributed by atoms with Gasteiger partial charge in [-0.05, 0) is 54.8 Å². The van der Waals surface area contributed by atoms with Crippen LogP contribution in [-0.2, 0) is 11.3 Å². The summed E-state index contributed by atoms with van der Waals surface area (Å²) in [5.41, 5.74) is 3.27. The first-order chi connectivity index (χ1) is 13.5. The van der Waals surface area contributed by atoms with Crippen LogP contribution in [0.3, 0.4) is 0 Å².